The molecule has 0 aliphatic carbocycles. The second kappa shape index (κ2) is 6.97. The summed E-state index contributed by atoms with van der Waals surface area (Å²) in [6.07, 6.45) is 2.03. The lowest BCUT2D eigenvalue weighted by Crippen LogP contribution is -2.04. The molecule has 110 valence electrons. The van der Waals surface area contributed by atoms with Crippen molar-refractivity contribution in [2.45, 2.75) is 26.4 Å². The Balaban J connectivity index is 2.12. The Bertz CT molecular complexity index is 589. The lowest BCUT2D eigenvalue weighted by Gasteiger charge is -2.06. The van der Waals surface area contributed by atoms with E-state index in [4.69, 9.17) is 0 Å². The second-order valence-corrected chi connectivity index (χ2v) is 4.68. The van der Waals surface area contributed by atoms with Crippen molar-refractivity contribution in [2.24, 2.45) is 0 Å². The summed E-state index contributed by atoms with van der Waals surface area (Å²) in [7, 11) is 0. The van der Waals surface area contributed by atoms with E-state index >= 15 is 0 Å². The first-order valence-corrected chi connectivity index (χ1v) is 6.78. The summed E-state index contributed by atoms with van der Waals surface area (Å²) < 4.78 is 28.4. The van der Waals surface area contributed by atoms with Gasteiger partial charge in [0.25, 0.3) is 0 Å². The van der Waals surface area contributed by atoms with Gasteiger partial charge in [0.05, 0.1) is 0 Å². The smallest absolute Gasteiger partial charge is 0.387 e. The maximum atomic E-state index is 12.3. The zero-order chi connectivity index (χ0) is 15.2. The molecule has 21 heavy (non-hydrogen) atoms. The van der Waals surface area contributed by atoms with Gasteiger partial charge in [-0.15, -0.1) is 0 Å². The molecule has 0 N–H and O–H groups in total. The predicted octanol–water partition coefficient (Wildman–Crippen LogP) is 4.47. The van der Waals surface area contributed by atoms with Gasteiger partial charge in [0, 0.05) is 11.1 Å². The third kappa shape index (κ3) is 4.12. The van der Waals surface area contributed by atoms with Gasteiger partial charge < -0.3 is 4.74 Å². The van der Waals surface area contributed by atoms with E-state index in [1.165, 1.54) is 29.8 Å². The number of carbonyl (C=O) groups excluding carboxylic acids is 1. The van der Waals surface area contributed by atoms with Gasteiger partial charge in [-0.05, 0) is 36.2 Å². The van der Waals surface area contributed by atoms with E-state index in [1.807, 2.05) is 12.1 Å². The number of aryl methyl sites for hydroxylation is 1. The molecular formula is C17H16F2O2. The van der Waals surface area contributed by atoms with Crippen molar-refractivity contribution in [3.63, 3.8) is 0 Å². The van der Waals surface area contributed by atoms with Crippen LogP contribution in [0.4, 0.5) is 8.78 Å². The SMILES string of the molecule is CCCc1ccc(C(=O)c2ccc(OC(F)F)cc2)cc1. The Morgan fingerprint density at radius 2 is 1.52 bits per heavy atom. The summed E-state index contributed by atoms with van der Waals surface area (Å²) in [6.45, 7) is -0.764. The van der Waals surface area contributed by atoms with Crippen molar-refractivity contribution in [2.75, 3.05) is 0 Å². The predicted molar refractivity (Wildman–Crippen MR) is 76.9 cm³/mol. The lowest BCUT2D eigenvalue weighted by atomic mass is 10.0. The van der Waals surface area contributed by atoms with Gasteiger partial charge in [0.2, 0.25) is 0 Å². The summed E-state index contributed by atoms with van der Waals surface area (Å²) >= 11 is 0. The van der Waals surface area contributed by atoms with Crippen LogP contribution in [0, 0.1) is 0 Å². The van der Waals surface area contributed by atoms with Crippen molar-refractivity contribution in [1.82, 2.24) is 0 Å². The molecule has 0 aliphatic heterocycles. The minimum absolute atomic E-state index is 0.0415. The molecule has 0 fully saturated rings. The molecule has 0 bridgehead atoms. The number of hydrogen-bond donors (Lipinski definition) is 0. The molecular weight excluding hydrogens is 274 g/mol. The van der Waals surface area contributed by atoms with Crippen LogP contribution < -0.4 is 4.74 Å². The quantitative estimate of drug-likeness (QED) is 0.734. The molecule has 0 saturated carbocycles. The Labute approximate surface area is 122 Å². The van der Waals surface area contributed by atoms with Gasteiger partial charge in [-0.1, -0.05) is 37.6 Å². The number of benzene rings is 2. The minimum Gasteiger partial charge on any atom is -0.435 e. The molecule has 2 nitrogen and oxygen atoms in total. The number of carbonyl (C=O) groups is 1. The molecule has 0 amide bonds. The zero-order valence-corrected chi connectivity index (χ0v) is 11.7. The highest BCUT2D eigenvalue weighted by Gasteiger charge is 2.10. The van der Waals surface area contributed by atoms with Crippen molar-refractivity contribution in [1.29, 1.82) is 0 Å². The Kier molecular flexibility index (Phi) is 5.04. The van der Waals surface area contributed by atoms with Gasteiger partial charge in [-0.25, -0.2) is 0 Å². The van der Waals surface area contributed by atoms with Crippen LogP contribution in [-0.2, 0) is 6.42 Å². The largest absolute Gasteiger partial charge is 0.435 e. The van der Waals surface area contributed by atoms with Gasteiger partial charge in [-0.2, -0.15) is 8.78 Å². The van der Waals surface area contributed by atoms with Crippen LogP contribution in [0.15, 0.2) is 48.5 Å². The number of halogens is 2. The first-order chi connectivity index (χ1) is 10.1. The summed E-state index contributed by atoms with van der Waals surface area (Å²) in [6, 6.07) is 13.2. The number of alkyl halides is 2. The van der Waals surface area contributed by atoms with E-state index in [1.54, 1.807) is 12.1 Å². The fourth-order valence-corrected chi connectivity index (χ4v) is 2.07. The van der Waals surface area contributed by atoms with E-state index in [9.17, 15) is 13.6 Å². The van der Waals surface area contributed by atoms with Gasteiger partial charge >= 0.3 is 6.61 Å². The Morgan fingerprint density at radius 3 is 2.00 bits per heavy atom. The molecule has 0 aromatic heterocycles. The maximum Gasteiger partial charge on any atom is 0.387 e. The molecule has 2 rings (SSSR count). The van der Waals surface area contributed by atoms with Crippen molar-refractivity contribution >= 4 is 5.78 Å². The first kappa shape index (κ1) is 15.2. The fourth-order valence-electron chi connectivity index (χ4n) is 2.07. The molecule has 2 aromatic carbocycles. The van der Waals surface area contributed by atoms with Crippen LogP contribution in [0.3, 0.4) is 0 Å². The third-order valence-electron chi connectivity index (χ3n) is 3.10. The highest BCUT2D eigenvalue weighted by atomic mass is 19.3. The standard InChI is InChI=1S/C17H16F2O2/c1-2-3-12-4-6-13(7-5-12)16(20)14-8-10-15(11-9-14)21-17(18)19/h4-11,17H,2-3H2,1H3. The maximum absolute atomic E-state index is 12.3. The average molecular weight is 290 g/mol. The number of hydrogen-bond acceptors (Lipinski definition) is 2. The van der Waals surface area contributed by atoms with Crippen LogP contribution in [0.5, 0.6) is 5.75 Å². The van der Waals surface area contributed by atoms with Gasteiger partial charge in [-0.3, -0.25) is 4.79 Å². The van der Waals surface area contributed by atoms with Gasteiger partial charge in [0.1, 0.15) is 5.75 Å². The molecule has 2 aromatic rings. The minimum atomic E-state index is -2.86. The van der Waals surface area contributed by atoms with Crippen molar-refractivity contribution in [3.8, 4) is 5.75 Å². The number of ketones is 1. The third-order valence-corrected chi connectivity index (χ3v) is 3.10. The van der Waals surface area contributed by atoms with Crippen LogP contribution in [0.2, 0.25) is 0 Å². The molecule has 0 radical (unpaired) electrons. The Morgan fingerprint density at radius 1 is 1.00 bits per heavy atom. The van der Waals surface area contributed by atoms with E-state index in [2.05, 4.69) is 11.7 Å². The van der Waals surface area contributed by atoms with Crippen molar-refractivity contribution < 1.29 is 18.3 Å². The molecule has 0 unspecified atom stereocenters. The molecule has 0 spiro atoms. The van der Waals surface area contributed by atoms with Crippen LogP contribution in [-0.4, -0.2) is 12.4 Å². The summed E-state index contributed by atoms with van der Waals surface area (Å²) in [5.74, 6) is -0.0958. The van der Waals surface area contributed by atoms with Crippen LogP contribution in [0.1, 0.15) is 34.8 Å². The second-order valence-electron chi connectivity index (χ2n) is 4.68. The number of ether oxygens (including phenoxy) is 1. The fraction of sp³-hybridized carbons (Fsp3) is 0.235. The summed E-state index contributed by atoms with van der Waals surface area (Å²) in [5, 5.41) is 0. The average Bonchev–Trinajstić information content (AvgIpc) is 2.48. The highest BCUT2D eigenvalue weighted by Crippen LogP contribution is 2.17. The summed E-state index contributed by atoms with van der Waals surface area (Å²) in [5.41, 5.74) is 2.21. The normalized spacial score (nSPS) is 10.7. The topological polar surface area (TPSA) is 26.3 Å². The van der Waals surface area contributed by atoms with E-state index in [0.29, 0.717) is 11.1 Å². The highest BCUT2D eigenvalue weighted by molar-refractivity contribution is 6.09. The molecule has 0 atom stereocenters. The van der Waals surface area contributed by atoms with E-state index < -0.39 is 6.61 Å². The van der Waals surface area contributed by atoms with E-state index in [-0.39, 0.29) is 11.5 Å². The molecule has 4 heteroatoms. The van der Waals surface area contributed by atoms with Crippen molar-refractivity contribution in [3.05, 3.63) is 65.2 Å². The van der Waals surface area contributed by atoms with Crippen LogP contribution in [0.25, 0.3) is 0 Å². The van der Waals surface area contributed by atoms with E-state index in [0.717, 1.165) is 12.8 Å². The molecule has 0 aliphatic rings. The Hall–Kier alpha value is -2.23. The van der Waals surface area contributed by atoms with Crippen LogP contribution >= 0.6 is 0 Å². The molecule has 0 heterocycles. The molecule has 0 saturated heterocycles. The monoisotopic (exact) mass is 290 g/mol. The zero-order valence-electron chi connectivity index (χ0n) is 11.7. The first-order valence-electron chi connectivity index (χ1n) is 6.78. The lowest BCUT2D eigenvalue weighted by molar-refractivity contribution is -0.0498. The van der Waals surface area contributed by atoms with Gasteiger partial charge in [0.15, 0.2) is 5.78 Å². The number of rotatable bonds is 6. The summed E-state index contributed by atoms with van der Waals surface area (Å²) in [4.78, 5) is 12.3.